The lowest BCUT2D eigenvalue weighted by atomic mass is 10.0. The van der Waals surface area contributed by atoms with Crippen molar-refractivity contribution in [2.75, 3.05) is 11.5 Å². The van der Waals surface area contributed by atoms with Gasteiger partial charge >= 0.3 is 0 Å². The maximum absolute atomic E-state index is 11.8. The van der Waals surface area contributed by atoms with E-state index in [1.165, 1.54) is 0 Å². The SMILES string of the molecule is CC(C)[C@@H](Br)C(=O)N[C@]1(C)CCS(=O)(=O)C1. The summed E-state index contributed by atoms with van der Waals surface area (Å²) in [7, 11) is -2.98. The molecule has 1 heterocycles. The van der Waals surface area contributed by atoms with Crippen molar-refractivity contribution in [2.45, 2.75) is 37.6 Å². The van der Waals surface area contributed by atoms with Crippen molar-refractivity contribution in [1.82, 2.24) is 5.32 Å². The molecule has 6 heteroatoms. The van der Waals surface area contributed by atoms with Crippen LogP contribution in [-0.4, -0.2) is 36.2 Å². The van der Waals surface area contributed by atoms with E-state index in [0.717, 1.165) is 0 Å². The third-order valence-corrected chi connectivity index (χ3v) is 6.14. The van der Waals surface area contributed by atoms with Crippen molar-refractivity contribution in [1.29, 1.82) is 0 Å². The summed E-state index contributed by atoms with van der Waals surface area (Å²) in [6.45, 7) is 5.66. The van der Waals surface area contributed by atoms with E-state index in [9.17, 15) is 13.2 Å². The van der Waals surface area contributed by atoms with Gasteiger partial charge in [0, 0.05) is 0 Å². The molecule has 0 aromatic heterocycles. The number of alkyl halides is 1. The highest BCUT2D eigenvalue weighted by molar-refractivity contribution is 9.10. The van der Waals surface area contributed by atoms with Crippen LogP contribution >= 0.6 is 15.9 Å². The van der Waals surface area contributed by atoms with E-state index < -0.39 is 15.4 Å². The average molecular weight is 312 g/mol. The van der Waals surface area contributed by atoms with Gasteiger partial charge in [0.05, 0.1) is 21.9 Å². The fourth-order valence-corrected chi connectivity index (χ4v) is 3.99. The number of sulfone groups is 1. The van der Waals surface area contributed by atoms with Gasteiger partial charge in [0.25, 0.3) is 0 Å². The lowest BCUT2D eigenvalue weighted by Gasteiger charge is -2.26. The molecule has 2 atom stereocenters. The first kappa shape index (κ1) is 14.0. The van der Waals surface area contributed by atoms with E-state index in [1.807, 2.05) is 13.8 Å². The van der Waals surface area contributed by atoms with E-state index in [0.29, 0.717) is 6.42 Å². The maximum Gasteiger partial charge on any atom is 0.234 e. The zero-order valence-electron chi connectivity index (χ0n) is 9.79. The van der Waals surface area contributed by atoms with Gasteiger partial charge < -0.3 is 5.32 Å². The smallest absolute Gasteiger partial charge is 0.234 e. The van der Waals surface area contributed by atoms with Gasteiger partial charge in [-0.2, -0.15) is 0 Å². The summed E-state index contributed by atoms with van der Waals surface area (Å²) in [5.74, 6) is 0.262. The number of hydrogen-bond donors (Lipinski definition) is 1. The molecule has 16 heavy (non-hydrogen) atoms. The van der Waals surface area contributed by atoms with Crippen LogP contribution in [0.3, 0.4) is 0 Å². The molecule has 1 aliphatic rings. The summed E-state index contributed by atoms with van der Waals surface area (Å²) in [6, 6.07) is 0. The molecule has 0 unspecified atom stereocenters. The molecule has 1 amide bonds. The molecule has 4 nitrogen and oxygen atoms in total. The molecule has 1 N–H and O–H groups in total. The first-order chi connectivity index (χ1) is 7.15. The molecule has 0 spiro atoms. The van der Waals surface area contributed by atoms with Crippen molar-refractivity contribution >= 4 is 31.7 Å². The Hall–Kier alpha value is -0.100. The Morgan fingerprint density at radius 2 is 2.00 bits per heavy atom. The monoisotopic (exact) mass is 311 g/mol. The van der Waals surface area contributed by atoms with Gasteiger partial charge in [-0.05, 0) is 19.3 Å². The Bertz CT molecular complexity index is 380. The minimum absolute atomic E-state index is 0.0452. The predicted molar refractivity (Wildman–Crippen MR) is 67.4 cm³/mol. The molecule has 0 aromatic rings. The molecule has 0 saturated carbocycles. The zero-order valence-corrected chi connectivity index (χ0v) is 12.2. The molecule has 1 aliphatic heterocycles. The van der Waals surface area contributed by atoms with E-state index in [2.05, 4.69) is 21.2 Å². The Kier molecular flexibility index (Phi) is 4.05. The third kappa shape index (κ3) is 3.45. The van der Waals surface area contributed by atoms with Gasteiger partial charge in [-0.1, -0.05) is 29.8 Å². The number of rotatable bonds is 3. The largest absolute Gasteiger partial charge is 0.349 e. The van der Waals surface area contributed by atoms with Crippen LogP contribution in [0.5, 0.6) is 0 Å². The maximum atomic E-state index is 11.8. The number of carbonyl (C=O) groups is 1. The van der Waals surface area contributed by atoms with Gasteiger partial charge in [-0.15, -0.1) is 0 Å². The summed E-state index contributed by atoms with van der Waals surface area (Å²) in [5.41, 5.74) is -0.600. The van der Waals surface area contributed by atoms with Crippen LogP contribution in [0.15, 0.2) is 0 Å². The van der Waals surface area contributed by atoms with Gasteiger partial charge in [0.1, 0.15) is 0 Å². The van der Waals surface area contributed by atoms with Crippen molar-refractivity contribution in [2.24, 2.45) is 5.92 Å². The number of amides is 1. The van der Waals surface area contributed by atoms with Crippen LogP contribution in [0.4, 0.5) is 0 Å². The van der Waals surface area contributed by atoms with Crippen molar-refractivity contribution in [3.8, 4) is 0 Å². The molecular weight excluding hydrogens is 294 g/mol. The highest BCUT2D eigenvalue weighted by atomic mass is 79.9. The van der Waals surface area contributed by atoms with E-state index in [4.69, 9.17) is 0 Å². The Labute approximate surface area is 105 Å². The molecule has 0 bridgehead atoms. The van der Waals surface area contributed by atoms with Crippen LogP contribution in [0, 0.1) is 5.92 Å². The molecular formula is C10H18BrNO3S. The van der Waals surface area contributed by atoms with Gasteiger partial charge in [-0.25, -0.2) is 8.42 Å². The predicted octanol–water partition coefficient (Wildman–Crippen LogP) is 1.10. The Morgan fingerprint density at radius 3 is 2.38 bits per heavy atom. The summed E-state index contributed by atoms with van der Waals surface area (Å²) >= 11 is 3.31. The van der Waals surface area contributed by atoms with Crippen molar-refractivity contribution < 1.29 is 13.2 Å². The molecule has 0 radical (unpaired) electrons. The summed E-state index contributed by atoms with van der Waals surface area (Å²) in [5, 5.41) is 2.83. The second-order valence-electron chi connectivity index (χ2n) is 5.04. The Balaban J connectivity index is 2.65. The summed E-state index contributed by atoms with van der Waals surface area (Å²) in [6.07, 6.45) is 0.499. The molecule has 0 aromatic carbocycles. The minimum Gasteiger partial charge on any atom is -0.349 e. The van der Waals surface area contributed by atoms with Crippen LogP contribution in [0.25, 0.3) is 0 Å². The zero-order chi connectivity index (χ0) is 12.6. The number of halogens is 1. The van der Waals surface area contributed by atoms with Crippen LogP contribution < -0.4 is 5.32 Å². The third-order valence-electron chi connectivity index (χ3n) is 2.76. The lowest BCUT2D eigenvalue weighted by Crippen LogP contribution is -2.50. The highest BCUT2D eigenvalue weighted by Crippen LogP contribution is 2.24. The lowest BCUT2D eigenvalue weighted by molar-refractivity contribution is -0.122. The van der Waals surface area contributed by atoms with Crippen LogP contribution in [-0.2, 0) is 14.6 Å². The molecule has 1 rings (SSSR count). The van der Waals surface area contributed by atoms with Crippen LogP contribution in [0.2, 0.25) is 0 Å². The topological polar surface area (TPSA) is 63.2 Å². The quantitative estimate of drug-likeness (QED) is 0.794. The standard InChI is InChI=1S/C10H18BrNO3S/c1-7(2)8(11)9(13)12-10(3)4-5-16(14,15)6-10/h7-8H,4-6H2,1-3H3,(H,12,13)/t8-,10-/m1/s1. The first-order valence-corrected chi connectivity index (χ1v) is 8.05. The number of hydrogen-bond acceptors (Lipinski definition) is 3. The first-order valence-electron chi connectivity index (χ1n) is 5.32. The van der Waals surface area contributed by atoms with Gasteiger partial charge in [0.2, 0.25) is 5.91 Å². The number of carbonyl (C=O) groups excluding carboxylic acids is 1. The molecule has 1 saturated heterocycles. The fraction of sp³-hybridized carbons (Fsp3) is 0.900. The van der Waals surface area contributed by atoms with E-state index >= 15 is 0 Å². The van der Waals surface area contributed by atoms with E-state index in [-0.39, 0.29) is 28.2 Å². The van der Waals surface area contributed by atoms with E-state index in [1.54, 1.807) is 6.92 Å². The van der Waals surface area contributed by atoms with Crippen molar-refractivity contribution in [3.63, 3.8) is 0 Å². The molecule has 94 valence electrons. The average Bonchev–Trinajstić information content (AvgIpc) is 2.38. The van der Waals surface area contributed by atoms with Crippen molar-refractivity contribution in [3.05, 3.63) is 0 Å². The molecule has 0 aliphatic carbocycles. The second-order valence-corrected chi connectivity index (χ2v) is 8.21. The van der Waals surface area contributed by atoms with Crippen LogP contribution in [0.1, 0.15) is 27.2 Å². The summed E-state index contributed by atoms with van der Waals surface area (Å²) in [4.78, 5) is 11.5. The highest BCUT2D eigenvalue weighted by Gasteiger charge is 2.40. The minimum atomic E-state index is -2.98. The van der Waals surface area contributed by atoms with Gasteiger partial charge in [-0.3, -0.25) is 4.79 Å². The second kappa shape index (κ2) is 4.64. The normalized spacial score (nSPS) is 30.3. The number of nitrogens with one attached hydrogen (secondary N) is 1. The Morgan fingerprint density at radius 1 is 1.44 bits per heavy atom. The molecule has 1 fully saturated rings. The van der Waals surface area contributed by atoms with Gasteiger partial charge in [0.15, 0.2) is 9.84 Å². The fourth-order valence-electron chi connectivity index (χ4n) is 1.78. The summed E-state index contributed by atoms with van der Waals surface area (Å²) < 4.78 is 22.7.